The Morgan fingerprint density at radius 3 is 2.56 bits per heavy atom. The van der Waals surface area contributed by atoms with Crippen LogP contribution in [0, 0.1) is 11.6 Å². The molecule has 0 bridgehead atoms. The number of hydrogen-bond acceptors (Lipinski definition) is 4. The summed E-state index contributed by atoms with van der Waals surface area (Å²) < 4.78 is 26.6. The molecule has 0 atom stereocenters. The molecule has 1 amide bonds. The van der Waals surface area contributed by atoms with E-state index in [2.05, 4.69) is 15.3 Å². The highest BCUT2D eigenvalue weighted by Gasteiger charge is 2.11. The van der Waals surface area contributed by atoms with Crippen molar-refractivity contribution in [3.63, 3.8) is 0 Å². The van der Waals surface area contributed by atoms with Gasteiger partial charge in [0.1, 0.15) is 17.5 Å². The lowest BCUT2D eigenvalue weighted by Gasteiger charge is -2.18. The number of carbonyl (C=O) groups excluding carboxylic acids is 1. The molecule has 0 fully saturated rings. The summed E-state index contributed by atoms with van der Waals surface area (Å²) >= 11 is 0. The average molecular weight is 368 g/mol. The monoisotopic (exact) mass is 368 g/mol. The lowest BCUT2D eigenvalue weighted by atomic mass is 10.2. The minimum Gasteiger partial charge on any atom is -0.359 e. The van der Waals surface area contributed by atoms with Crippen LogP contribution in [0.3, 0.4) is 0 Å². The molecule has 0 unspecified atom stereocenters. The maximum Gasteiger partial charge on any atom is 0.257 e. The second-order valence-corrected chi connectivity index (χ2v) is 6.01. The Kier molecular flexibility index (Phi) is 5.71. The molecule has 2 aromatic heterocycles. The zero-order valence-electron chi connectivity index (χ0n) is 14.7. The smallest absolute Gasteiger partial charge is 0.257 e. The summed E-state index contributed by atoms with van der Waals surface area (Å²) in [5, 5.41) is 2.41. The van der Waals surface area contributed by atoms with Gasteiger partial charge in [0.05, 0.1) is 11.3 Å². The van der Waals surface area contributed by atoms with Crippen LogP contribution in [0.1, 0.15) is 15.9 Å². The molecule has 0 saturated carbocycles. The van der Waals surface area contributed by atoms with Gasteiger partial charge in [-0.2, -0.15) is 0 Å². The van der Waals surface area contributed by atoms with Crippen molar-refractivity contribution in [2.45, 2.75) is 6.42 Å². The van der Waals surface area contributed by atoms with E-state index in [0.717, 1.165) is 19.0 Å². The lowest BCUT2D eigenvalue weighted by Crippen LogP contribution is -2.22. The normalized spacial score (nSPS) is 10.5. The lowest BCUT2D eigenvalue weighted by molar-refractivity contribution is 0.102. The average Bonchev–Trinajstić information content (AvgIpc) is 2.69. The first-order valence-corrected chi connectivity index (χ1v) is 8.35. The Labute approximate surface area is 155 Å². The van der Waals surface area contributed by atoms with Gasteiger partial charge in [-0.3, -0.25) is 9.78 Å². The molecule has 7 heteroatoms. The maximum absolute atomic E-state index is 13.6. The predicted molar refractivity (Wildman–Crippen MR) is 99.8 cm³/mol. The van der Waals surface area contributed by atoms with Crippen LogP contribution < -0.4 is 10.2 Å². The van der Waals surface area contributed by atoms with Crippen LogP contribution in [-0.2, 0) is 6.42 Å². The third-order valence-corrected chi connectivity index (χ3v) is 4.07. The zero-order valence-corrected chi connectivity index (χ0v) is 14.7. The van der Waals surface area contributed by atoms with Crippen molar-refractivity contribution in [2.24, 2.45) is 0 Å². The largest absolute Gasteiger partial charge is 0.359 e. The summed E-state index contributed by atoms with van der Waals surface area (Å²) in [5.41, 5.74) is 1.37. The first-order valence-electron chi connectivity index (χ1n) is 8.35. The minimum atomic E-state index is -0.830. The van der Waals surface area contributed by atoms with Gasteiger partial charge in [-0.1, -0.05) is 0 Å². The van der Waals surface area contributed by atoms with E-state index in [-0.39, 0.29) is 11.3 Å². The number of carbonyl (C=O) groups is 1. The summed E-state index contributed by atoms with van der Waals surface area (Å²) in [6.45, 7) is 0.753. The Balaban J connectivity index is 1.61. The van der Waals surface area contributed by atoms with Gasteiger partial charge in [-0.25, -0.2) is 13.8 Å². The highest BCUT2D eigenvalue weighted by atomic mass is 19.1. The van der Waals surface area contributed by atoms with Crippen molar-refractivity contribution in [1.82, 2.24) is 9.97 Å². The number of hydrogen-bond donors (Lipinski definition) is 1. The van der Waals surface area contributed by atoms with Crippen LogP contribution in [0.15, 0.2) is 61.1 Å². The van der Waals surface area contributed by atoms with Crippen molar-refractivity contribution in [1.29, 1.82) is 0 Å². The van der Waals surface area contributed by atoms with Crippen LogP contribution in [0.25, 0.3) is 0 Å². The van der Waals surface area contributed by atoms with Crippen LogP contribution in [-0.4, -0.2) is 29.5 Å². The quantitative estimate of drug-likeness (QED) is 0.721. The fourth-order valence-corrected chi connectivity index (χ4v) is 2.49. The summed E-state index contributed by atoms with van der Waals surface area (Å²) in [5.74, 6) is -1.33. The Morgan fingerprint density at radius 2 is 1.89 bits per heavy atom. The molecule has 0 saturated heterocycles. The van der Waals surface area contributed by atoms with E-state index in [4.69, 9.17) is 0 Å². The number of rotatable bonds is 6. The molecular weight excluding hydrogens is 350 g/mol. The fraction of sp³-hybridized carbons (Fsp3) is 0.150. The maximum atomic E-state index is 13.6. The van der Waals surface area contributed by atoms with Crippen molar-refractivity contribution >= 4 is 17.4 Å². The van der Waals surface area contributed by atoms with Gasteiger partial charge in [0, 0.05) is 38.2 Å². The molecule has 138 valence electrons. The molecule has 1 aromatic carbocycles. The van der Waals surface area contributed by atoms with Crippen LogP contribution in [0.2, 0.25) is 0 Å². The fourth-order valence-electron chi connectivity index (χ4n) is 2.49. The molecule has 0 aliphatic carbocycles. The number of nitrogens with zero attached hydrogens (tertiary/aromatic N) is 3. The number of anilines is 2. The number of likely N-dealkylation sites (N-methyl/N-ethyl adjacent to an activating group) is 1. The first kappa shape index (κ1) is 18.4. The van der Waals surface area contributed by atoms with Crippen LogP contribution >= 0.6 is 0 Å². The molecular formula is C20H18F2N4O. The highest BCUT2D eigenvalue weighted by molar-refractivity contribution is 6.04. The molecule has 0 aliphatic rings. The van der Waals surface area contributed by atoms with Gasteiger partial charge in [-0.15, -0.1) is 0 Å². The van der Waals surface area contributed by atoms with E-state index in [1.165, 1.54) is 17.8 Å². The Hall–Kier alpha value is -3.35. The number of halogens is 2. The Bertz CT molecular complexity index is 917. The second kappa shape index (κ2) is 8.35. The molecule has 0 radical (unpaired) electrons. The molecule has 2 heterocycles. The topological polar surface area (TPSA) is 58.1 Å². The van der Waals surface area contributed by atoms with Crippen molar-refractivity contribution in [3.8, 4) is 0 Å². The minimum absolute atomic E-state index is 0.0834. The summed E-state index contributed by atoms with van der Waals surface area (Å²) in [6.07, 6.45) is 5.78. The standard InChI is InChI=1S/C20H18F2N4O/c1-26(11-8-14-6-9-23-10-7-14)19-5-2-15(13-24-19)20(27)25-18-4-3-16(21)12-17(18)22/h2-7,9-10,12-13H,8,11H2,1H3,(H,25,27). The summed E-state index contributed by atoms with van der Waals surface area (Å²) in [7, 11) is 1.91. The number of nitrogens with one attached hydrogen (secondary N) is 1. The predicted octanol–water partition coefficient (Wildman–Crippen LogP) is 3.69. The number of benzene rings is 1. The van der Waals surface area contributed by atoms with Crippen LogP contribution in [0.4, 0.5) is 20.3 Å². The van der Waals surface area contributed by atoms with Crippen molar-refractivity contribution < 1.29 is 13.6 Å². The number of aromatic nitrogens is 2. The van der Waals surface area contributed by atoms with Crippen molar-refractivity contribution in [2.75, 3.05) is 23.8 Å². The van der Waals surface area contributed by atoms with Gasteiger partial charge in [0.25, 0.3) is 5.91 Å². The molecule has 0 aliphatic heterocycles. The van der Waals surface area contributed by atoms with Gasteiger partial charge >= 0.3 is 0 Å². The van der Waals surface area contributed by atoms with E-state index < -0.39 is 17.5 Å². The van der Waals surface area contributed by atoms with E-state index in [1.54, 1.807) is 24.5 Å². The number of pyridine rings is 2. The third kappa shape index (κ3) is 4.84. The second-order valence-electron chi connectivity index (χ2n) is 6.01. The van der Waals surface area contributed by atoms with Gasteiger partial charge in [-0.05, 0) is 48.4 Å². The molecule has 5 nitrogen and oxygen atoms in total. The van der Waals surface area contributed by atoms with Gasteiger partial charge in [0.15, 0.2) is 0 Å². The molecule has 0 spiro atoms. The summed E-state index contributed by atoms with van der Waals surface area (Å²) in [4.78, 5) is 22.5. The van der Waals surface area contributed by atoms with Gasteiger partial charge < -0.3 is 10.2 Å². The van der Waals surface area contributed by atoms with E-state index in [9.17, 15) is 13.6 Å². The van der Waals surface area contributed by atoms with E-state index in [0.29, 0.717) is 11.9 Å². The summed E-state index contributed by atoms with van der Waals surface area (Å²) in [6, 6.07) is 10.2. The van der Waals surface area contributed by atoms with Crippen molar-refractivity contribution in [3.05, 3.63) is 83.8 Å². The Morgan fingerprint density at radius 1 is 1.11 bits per heavy atom. The molecule has 27 heavy (non-hydrogen) atoms. The number of amides is 1. The molecule has 1 N–H and O–H groups in total. The van der Waals surface area contributed by atoms with Gasteiger partial charge in [0.2, 0.25) is 0 Å². The zero-order chi connectivity index (χ0) is 19.2. The SMILES string of the molecule is CN(CCc1ccncc1)c1ccc(C(=O)Nc2ccc(F)cc2F)cn1. The molecule has 3 aromatic rings. The van der Waals surface area contributed by atoms with E-state index >= 15 is 0 Å². The van der Waals surface area contributed by atoms with E-state index in [1.807, 2.05) is 24.1 Å². The highest BCUT2D eigenvalue weighted by Crippen LogP contribution is 2.17. The molecule has 3 rings (SSSR count). The van der Waals surface area contributed by atoms with Crippen LogP contribution in [0.5, 0.6) is 0 Å². The first-order chi connectivity index (χ1) is 13.0. The third-order valence-electron chi connectivity index (χ3n) is 4.07.